The number of benzene rings is 1. The molecule has 3 aromatic rings. The van der Waals surface area contributed by atoms with Crippen molar-refractivity contribution in [3.63, 3.8) is 0 Å². The zero-order valence-corrected chi connectivity index (χ0v) is 13.2. The van der Waals surface area contributed by atoms with E-state index >= 15 is 0 Å². The summed E-state index contributed by atoms with van der Waals surface area (Å²) >= 11 is 1.78. The molecule has 4 rings (SSSR count). The number of thiophene rings is 1. The topological polar surface area (TPSA) is 44.2 Å². The molecule has 5 heteroatoms. The van der Waals surface area contributed by atoms with Crippen molar-refractivity contribution >= 4 is 21.6 Å². The first-order chi connectivity index (χ1) is 10.8. The van der Waals surface area contributed by atoms with Crippen molar-refractivity contribution in [3.05, 3.63) is 41.0 Å². The van der Waals surface area contributed by atoms with Gasteiger partial charge in [0, 0.05) is 4.88 Å². The Morgan fingerprint density at radius 3 is 2.59 bits per heavy atom. The normalized spacial score (nSPS) is 13.9. The summed E-state index contributed by atoms with van der Waals surface area (Å²) in [6, 6.07) is 7.56. The Balaban J connectivity index is 1.75. The number of hydrogen-bond acceptors (Lipinski definition) is 5. The van der Waals surface area contributed by atoms with Gasteiger partial charge >= 0.3 is 0 Å². The molecule has 0 bridgehead atoms. The number of hydrogen-bond donors (Lipinski definition) is 0. The fourth-order valence-corrected chi connectivity index (χ4v) is 4.11. The van der Waals surface area contributed by atoms with Gasteiger partial charge in [-0.25, -0.2) is 9.97 Å². The predicted octanol–water partition coefficient (Wildman–Crippen LogP) is 4.37. The van der Waals surface area contributed by atoms with E-state index in [0.29, 0.717) is 5.88 Å². The first-order valence-electron chi connectivity index (χ1n) is 7.42. The van der Waals surface area contributed by atoms with Crippen LogP contribution >= 0.6 is 11.3 Å². The van der Waals surface area contributed by atoms with E-state index in [1.807, 2.05) is 24.3 Å². The van der Waals surface area contributed by atoms with Crippen LogP contribution in [0.15, 0.2) is 30.6 Å². The molecule has 0 saturated carbocycles. The number of methoxy groups -OCH3 is 1. The lowest BCUT2D eigenvalue weighted by Crippen LogP contribution is -1.99. The fourth-order valence-electron chi connectivity index (χ4n) is 2.89. The standard InChI is InChI=1S/C17H16N2O2S/c1-20-11-6-8-12(9-7-11)21-16-15-13-4-2-3-5-14(13)22-17(15)19-10-18-16/h6-10H,2-5H2,1H3. The summed E-state index contributed by atoms with van der Waals surface area (Å²) in [6.07, 6.45) is 6.33. The second-order valence-corrected chi connectivity index (χ2v) is 6.43. The highest BCUT2D eigenvalue weighted by atomic mass is 32.1. The quantitative estimate of drug-likeness (QED) is 0.720. The maximum atomic E-state index is 6.02. The third-order valence-corrected chi connectivity index (χ3v) is 5.19. The van der Waals surface area contributed by atoms with Crippen molar-refractivity contribution in [3.8, 4) is 17.4 Å². The van der Waals surface area contributed by atoms with Gasteiger partial charge in [-0.3, -0.25) is 0 Å². The molecule has 0 radical (unpaired) electrons. The molecule has 0 spiro atoms. The third kappa shape index (κ3) is 2.31. The molecule has 4 nitrogen and oxygen atoms in total. The van der Waals surface area contributed by atoms with E-state index in [2.05, 4.69) is 9.97 Å². The molecular weight excluding hydrogens is 296 g/mol. The molecule has 2 heterocycles. The lowest BCUT2D eigenvalue weighted by atomic mass is 9.97. The second kappa shape index (κ2) is 5.57. The summed E-state index contributed by atoms with van der Waals surface area (Å²) in [7, 11) is 1.65. The molecule has 0 unspecified atom stereocenters. The van der Waals surface area contributed by atoms with E-state index in [-0.39, 0.29) is 0 Å². The Bertz CT molecular complexity index is 811. The van der Waals surface area contributed by atoms with E-state index < -0.39 is 0 Å². The zero-order valence-electron chi connectivity index (χ0n) is 12.3. The van der Waals surface area contributed by atoms with E-state index in [9.17, 15) is 0 Å². The van der Waals surface area contributed by atoms with Gasteiger partial charge in [0.15, 0.2) is 0 Å². The average Bonchev–Trinajstić information content (AvgIpc) is 2.95. The van der Waals surface area contributed by atoms with Crippen molar-refractivity contribution in [2.75, 3.05) is 7.11 Å². The summed E-state index contributed by atoms with van der Waals surface area (Å²) < 4.78 is 11.2. The first-order valence-corrected chi connectivity index (χ1v) is 8.24. The number of fused-ring (bicyclic) bond motifs is 3. The van der Waals surface area contributed by atoms with Crippen LogP contribution in [0.5, 0.6) is 17.4 Å². The van der Waals surface area contributed by atoms with Crippen LogP contribution in [0.3, 0.4) is 0 Å². The van der Waals surface area contributed by atoms with Gasteiger partial charge in [-0.2, -0.15) is 0 Å². The van der Waals surface area contributed by atoms with Crippen LogP contribution in [-0.2, 0) is 12.8 Å². The van der Waals surface area contributed by atoms with Gasteiger partial charge in [-0.05, 0) is 55.5 Å². The van der Waals surface area contributed by atoms with Crippen LogP contribution in [-0.4, -0.2) is 17.1 Å². The van der Waals surface area contributed by atoms with Gasteiger partial charge in [0.25, 0.3) is 0 Å². The van der Waals surface area contributed by atoms with Crippen molar-refractivity contribution in [2.24, 2.45) is 0 Å². The lowest BCUT2D eigenvalue weighted by Gasteiger charge is -2.12. The fraction of sp³-hybridized carbons (Fsp3) is 0.294. The second-order valence-electron chi connectivity index (χ2n) is 5.35. The lowest BCUT2D eigenvalue weighted by molar-refractivity contribution is 0.412. The smallest absolute Gasteiger partial charge is 0.231 e. The van der Waals surface area contributed by atoms with E-state index in [1.165, 1.54) is 23.3 Å². The van der Waals surface area contributed by atoms with E-state index in [1.54, 1.807) is 24.8 Å². The van der Waals surface area contributed by atoms with Crippen LogP contribution in [0.1, 0.15) is 23.3 Å². The monoisotopic (exact) mass is 312 g/mol. The molecule has 2 aromatic heterocycles. The van der Waals surface area contributed by atoms with Gasteiger partial charge in [0.05, 0.1) is 12.5 Å². The molecule has 112 valence electrons. The molecule has 0 saturated heterocycles. The van der Waals surface area contributed by atoms with Crippen LogP contribution in [0.4, 0.5) is 0 Å². The molecule has 22 heavy (non-hydrogen) atoms. The van der Waals surface area contributed by atoms with Crippen LogP contribution in [0, 0.1) is 0 Å². The average molecular weight is 312 g/mol. The maximum Gasteiger partial charge on any atom is 0.231 e. The highest BCUT2D eigenvalue weighted by Gasteiger charge is 2.20. The summed E-state index contributed by atoms with van der Waals surface area (Å²) in [5, 5.41) is 1.10. The zero-order chi connectivity index (χ0) is 14.9. The minimum atomic E-state index is 0.662. The molecule has 0 N–H and O–H groups in total. The van der Waals surface area contributed by atoms with Gasteiger partial charge in [-0.15, -0.1) is 11.3 Å². The molecule has 0 amide bonds. The molecule has 1 aromatic carbocycles. The minimum Gasteiger partial charge on any atom is -0.497 e. The number of aromatic nitrogens is 2. The number of aryl methyl sites for hydroxylation is 2. The Morgan fingerprint density at radius 2 is 1.77 bits per heavy atom. The van der Waals surface area contributed by atoms with Crippen molar-refractivity contribution in [1.29, 1.82) is 0 Å². The molecule has 0 fully saturated rings. The van der Waals surface area contributed by atoms with Crippen LogP contribution in [0.25, 0.3) is 10.2 Å². The van der Waals surface area contributed by atoms with E-state index in [0.717, 1.165) is 34.6 Å². The van der Waals surface area contributed by atoms with E-state index in [4.69, 9.17) is 9.47 Å². The SMILES string of the molecule is COc1ccc(Oc2ncnc3sc4c(c23)CCCC4)cc1. The van der Waals surface area contributed by atoms with Gasteiger partial charge in [0.2, 0.25) is 5.88 Å². The van der Waals surface area contributed by atoms with Gasteiger partial charge in [-0.1, -0.05) is 0 Å². The Morgan fingerprint density at radius 1 is 1.00 bits per heavy atom. The number of rotatable bonds is 3. The summed E-state index contributed by atoms with van der Waals surface area (Å²) in [4.78, 5) is 11.3. The van der Waals surface area contributed by atoms with Crippen molar-refractivity contribution in [1.82, 2.24) is 9.97 Å². The highest BCUT2D eigenvalue weighted by molar-refractivity contribution is 7.18. The molecule has 1 aliphatic carbocycles. The number of ether oxygens (including phenoxy) is 2. The highest BCUT2D eigenvalue weighted by Crippen LogP contribution is 2.40. The van der Waals surface area contributed by atoms with Gasteiger partial charge in [0.1, 0.15) is 22.7 Å². The summed E-state index contributed by atoms with van der Waals surface area (Å²) in [5.74, 6) is 2.24. The van der Waals surface area contributed by atoms with Crippen LogP contribution in [0.2, 0.25) is 0 Å². The van der Waals surface area contributed by atoms with Gasteiger partial charge < -0.3 is 9.47 Å². The Labute approximate surface area is 132 Å². The first kappa shape index (κ1) is 13.5. The molecule has 0 atom stereocenters. The Kier molecular flexibility index (Phi) is 3.42. The Hall–Kier alpha value is -2.14. The summed E-state index contributed by atoms with van der Waals surface area (Å²) in [5.41, 5.74) is 1.38. The molecular formula is C17H16N2O2S. The summed E-state index contributed by atoms with van der Waals surface area (Å²) in [6.45, 7) is 0. The molecule has 0 aliphatic heterocycles. The number of nitrogens with zero attached hydrogens (tertiary/aromatic N) is 2. The predicted molar refractivity (Wildman–Crippen MR) is 87.1 cm³/mol. The van der Waals surface area contributed by atoms with Crippen molar-refractivity contribution < 1.29 is 9.47 Å². The molecule has 1 aliphatic rings. The maximum absolute atomic E-state index is 6.02. The third-order valence-electron chi connectivity index (χ3n) is 3.99. The largest absolute Gasteiger partial charge is 0.497 e. The van der Waals surface area contributed by atoms with Crippen molar-refractivity contribution in [2.45, 2.75) is 25.7 Å². The minimum absolute atomic E-state index is 0.662. The van der Waals surface area contributed by atoms with Crippen LogP contribution < -0.4 is 9.47 Å².